The average Bonchev–Trinajstić information content (AvgIpc) is 2.56. The van der Waals surface area contributed by atoms with Gasteiger partial charge < -0.3 is 4.74 Å². The van der Waals surface area contributed by atoms with Gasteiger partial charge in [0.2, 0.25) is 0 Å². The Labute approximate surface area is 124 Å². The first-order chi connectivity index (χ1) is 10.3. The normalized spacial score (nSPS) is 18.3. The summed E-state index contributed by atoms with van der Waals surface area (Å²) in [6, 6.07) is 13.8. The largest absolute Gasteiger partial charge is 0.497 e. The van der Waals surface area contributed by atoms with Gasteiger partial charge in [-0.05, 0) is 42.3 Å². The van der Waals surface area contributed by atoms with Crippen molar-refractivity contribution < 1.29 is 9.57 Å². The second-order valence-electron chi connectivity index (χ2n) is 4.96. The van der Waals surface area contributed by atoms with Crippen molar-refractivity contribution in [3.05, 3.63) is 65.9 Å². The van der Waals surface area contributed by atoms with E-state index in [0.717, 1.165) is 17.1 Å². The van der Waals surface area contributed by atoms with Crippen molar-refractivity contribution in [3.8, 4) is 5.75 Å². The lowest BCUT2D eigenvalue weighted by atomic mass is 10.0. The number of nitrogens with zero attached hydrogens (tertiary/aromatic N) is 2. The molecule has 0 unspecified atom stereocenters. The maximum absolute atomic E-state index is 6.11. The van der Waals surface area contributed by atoms with Crippen LogP contribution in [-0.4, -0.2) is 18.6 Å². The van der Waals surface area contributed by atoms with Gasteiger partial charge in [-0.3, -0.25) is 4.84 Å². The van der Waals surface area contributed by atoms with Gasteiger partial charge in [0, 0.05) is 6.20 Å². The molecule has 0 N–H and O–H groups in total. The van der Waals surface area contributed by atoms with Gasteiger partial charge in [0.25, 0.3) is 0 Å². The molecule has 4 heteroatoms. The van der Waals surface area contributed by atoms with Crippen molar-refractivity contribution >= 4 is 5.82 Å². The zero-order valence-electron chi connectivity index (χ0n) is 12.2. The van der Waals surface area contributed by atoms with Crippen LogP contribution in [-0.2, 0) is 4.84 Å². The van der Waals surface area contributed by atoms with E-state index in [-0.39, 0.29) is 6.10 Å². The van der Waals surface area contributed by atoms with Crippen LogP contribution in [0.1, 0.15) is 18.6 Å². The minimum Gasteiger partial charge on any atom is -0.497 e. The van der Waals surface area contributed by atoms with Crippen LogP contribution >= 0.6 is 0 Å². The summed E-state index contributed by atoms with van der Waals surface area (Å²) < 4.78 is 5.20. The molecule has 1 aliphatic rings. The fourth-order valence-electron chi connectivity index (χ4n) is 2.34. The topological polar surface area (TPSA) is 34.6 Å². The molecule has 0 bridgehead atoms. The smallest absolute Gasteiger partial charge is 0.152 e. The van der Waals surface area contributed by atoms with Crippen molar-refractivity contribution in [1.29, 1.82) is 0 Å². The summed E-state index contributed by atoms with van der Waals surface area (Å²) in [6.45, 7) is 2.79. The van der Waals surface area contributed by atoms with E-state index in [9.17, 15) is 0 Å². The van der Waals surface area contributed by atoms with Gasteiger partial charge in [-0.1, -0.05) is 24.3 Å². The summed E-state index contributed by atoms with van der Waals surface area (Å²) in [5, 5.41) is 1.82. The molecule has 0 saturated heterocycles. The minimum atomic E-state index is -0.0911. The lowest BCUT2D eigenvalue weighted by molar-refractivity contribution is 0.0484. The molecule has 1 aromatic carbocycles. The van der Waals surface area contributed by atoms with Crippen LogP contribution in [0.3, 0.4) is 0 Å². The molecule has 3 rings (SSSR count). The van der Waals surface area contributed by atoms with Gasteiger partial charge in [-0.2, -0.15) is 0 Å². The third kappa shape index (κ3) is 2.90. The Kier molecular flexibility index (Phi) is 3.88. The highest BCUT2D eigenvalue weighted by Crippen LogP contribution is 2.32. The van der Waals surface area contributed by atoms with E-state index in [4.69, 9.17) is 9.57 Å². The summed E-state index contributed by atoms with van der Waals surface area (Å²) in [5.41, 5.74) is 2.30. The number of hydrogen-bond donors (Lipinski definition) is 0. The van der Waals surface area contributed by atoms with E-state index in [1.54, 1.807) is 13.3 Å². The van der Waals surface area contributed by atoms with E-state index in [0.29, 0.717) is 6.54 Å². The van der Waals surface area contributed by atoms with Crippen molar-refractivity contribution in [2.24, 2.45) is 0 Å². The first kappa shape index (κ1) is 13.6. The Morgan fingerprint density at radius 2 is 2.00 bits per heavy atom. The number of rotatable bonds is 3. The molecule has 0 spiro atoms. The highest BCUT2D eigenvalue weighted by atomic mass is 16.7. The Morgan fingerprint density at radius 3 is 2.67 bits per heavy atom. The number of methoxy groups -OCH3 is 1. The van der Waals surface area contributed by atoms with Crippen LogP contribution < -0.4 is 9.80 Å². The van der Waals surface area contributed by atoms with Gasteiger partial charge in [0.1, 0.15) is 11.9 Å². The van der Waals surface area contributed by atoms with Gasteiger partial charge in [-0.25, -0.2) is 10.0 Å². The van der Waals surface area contributed by atoms with Gasteiger partial charge >= 0.3 is 0 Å². The summed E-state index contributed by atoms with van der Waals surface area (Å²) in [7, 11) is 1.67. The maximum atomic E-state index is 6.11. The second-order valence-corrected chi connectivity index (χ2v) is 4.96. The summed E-state index contributed by atoms with van der Waals surface area (Å²) in [6.07, 6.45) is 3.85. The van der Waals surface area contributed by atoms with Crippen LogP contribution in [0.5, 0.6) is 5.75 Å². The third-order valence-corrected chi connectivity index (χ3v) is 3.55. The Balaban J connectivity index is 1.84. The standard InChI is InChI=1S/C17H18N2O2/c1-13-10-12-19(16-5-3-4-11-18-16)21-17(13)14-6-8-15(20-2)9-7-14/h3-11,17H,12H2,1-2H3/t17-/m1/s1. The SMILES string of the molecule is COc1ccc([C@@H]2ON(c3ccccn3)CC=C2C)cc1. The Morgan fingerprint density at radius 1 is 1.19 bits per heavy atom. The first-order valence-corrected chi connectivity index (χ1v) is 6.94. The highest BCUT2D eigenvalue weighted by molar-refractivity contribution is 5.39. The van der Waals surface area contributed by atoms with Crippen molar-refractivity contribution in [2.75, 3.05) is 18.7 Å². The van der Waals surface area contributed by atoms with Crippen LogP contribution in [0.15, 0.2) is 60.3 Å². The predicted octanol–water partition coefficient (Wildman–Crippen LogP) is 3.53. The average molecular weight is 282 g/mol. The number of pyridine rings is 1. The van der Waals surface area contributed by atoms with Crippen LogP contribution in [0.4, 0.5) is 5.82 Å². The molecular formula is C17H18N2O2. The van der Waals surface area contributed by atoms with Crippen LogP contribution in [0.25, 0.3) is 0 Å². The zero-order valence-corrected chi connectivity index (χ0v) is 12.2. The monoisotopic (exact) mass is 282 g/mol. The van der Waals surface area contributed by atoms with E-state index in [1.165, 1.54) is 5.57 Å². The molecule has 4 nitrogen and oxygen atoms in total. The summed E-state index contributed by atoms with van der Waals surface area (Å²) in [4.78, 5) is 10.4. The minimum absolute atomic E-state index is 0.0911. The fraction of sp³-hybridized carbons (Fsp3) is 0.235. The molecule has 1 aliphatic heterocycles. The number of ether oxygens (including phenoxy) is 1. The summed E-state index contributed by atoms with van der Waals surface area (Å²) >= 11 is 0. The molecule has 0 fully saturated rings. The molecule has 0 amide bonds. The molecule has 0 saturated carbocycles. The molecule has 21 heavy (non-hydrogen) atoms. The number of anilines is 1. The molecule has 2 heterocycles. The lowest BCUT2D eigenvalue weighted by Crippen LogP contribution is -2.31. The number of aromatic nitrogens is 1. The van der Waals surface area contributed by atoms with E-state index < -0.39 is 0 Å². The second kappa shape index (κ2) is 5.97. The van der Waals surface area contributed by atoms with E-state index in [1.807, 2.05) is 47.5 Å². The third-order valence-electron chi connectivity index (χ3n) is 3.55. The molecular weight excluding hydrogens is 264 g/mol. The molecule has 0 radical (unpaired) electrons. The quantitative estimate of drug-likeness (QED) is 0.807. The zero-order chi connectivity index (χ0) is 14.7. The molecule has 1 aromatic heterocycles. The Hall–Kier alpha value is -2.33. The van der Waals surface area contributed by atoms with Gasteiger partial charge in [0.15, 0.2) is 5.82 Å². The van der Waals surface area contributed by atoms with Crippen molar-refractivity contribution in [2.45, 2.75) is 13.0 Å². The van der Waals surface area contributed by atoms with Gasteiger partial charge in [0.05, 0.1) is 13.7 Å². The first-order valence-electron chi connectivity index (χ1n) is 6.94. The van der Waals surface area contributed by atoms with Crippen molar-refractivity contribution in [3.63, 3.8) is 0 Å². The van der Waals surface area contributed by atoms with E-state index >= 15 is 0 Å². The number of hydrogen-bond acceptors (Lipinski definition) is 4. The van der Waals surface area contributed by atoms with Crippen LogP contribution in [0, 0.1) is 0 Å². The highest BCUT2D eigenvalue weighted by Gasteiger charge is 2.23. The fourth-order valence-corrected chi connectivity index (χ4v) is 2.34. The predicted molar refractivity (Wildman–Crippen MR) is 82.2 cm³/mol. The Bertz CT molecular complexity index is 623. The lowest BCUT2D eigenvalue weighted by Gasteiger charge is -2.32. The maximum Gasteiger partial charge on any atom is 0.152 e. The molecule has 108 valence electrons. The summed E-state index contributed by atoms with van der Waals surface area (Å²) in [5.74, 6) is 1.66. The number of hydroxylamine groups is 1. The molecule has 0 aliphatic carbocycles. The molecule has 2 aromatic rings. The van der Waals surface area contributed by atoms with Crippen molar-refractivity contribution in [1.82, 2.24) is 4.98 Å². The van der Waals surface area contributed by atoms with Crippen LogP contribution in [0.2, 0.25) is 0 Å². The van der Waals surface area contributed by atoms with Gasteiger partial charge in [-0.15, -0.1) is 0 Å². The van der Waals surface area contributed by atoms with E-state index in [2.05, 4.69) is 18.0 Å². The number of benzene rings is 1. The molecule has 1 atom stereocenters.